The van der Waals surface area contributed by atoms with E-state index < -0.39 is 17.3 Å². The highest BCUT2D eigenvalue weighted by Crippen LogP contribution is 2.30. The maximum atomic E-state index is 14.2. The van der Waals surface area contributed by atoms with Crippen LogP contribution >= 0.6 is 11.6 Å². The first-order valence-electron chi connectivity index (χ1n) is 10.9. The van der Waals surface area contributed by atoms with Gasteiger partial charge in [-0.3, -0.25) is 14.5 Å². The Hall–Kier alpha value is -4.07. The van der Waals surface area contributed by atoms with Gasteiger partial charge in [0.25, 0.3) is 5.91 Å². The van der Waals surface area contributed by atoms with Crippen LogP contribution in [0.2, 0.25) is 5.02 Å². The molecule has 0 aliphatic heterocycles. The lowest BCUT2D eigenvalue weighted by atomic mass is 9.93. The Balaban J connectivity index is 1.62. The number of anilines is 1. The first-order chi connectivity index (χ1) is 17.0. The third-order valence-electron chi connectivity index (χ3n) is 5.65. The van der Waals surface area contributed by atoms with Gasteiger partial charge in [0.2, 0.25) is 0 Å². The molecule has 184 valence electrons. The molecular weight excluding hydrogens is 485 g/mol. The van der Waals surface area contributed by atoms with Gasteiger partial charge >= 0.3 is 0 Å². The summed E-state index contributed by atoms with van der Waals surface area (Å²) in [5, 5.41) is 28.2. The number of amides is 1. The Labute approximate surface area is 211 Å². The van der Waals surface area contributed by atoms with Crippen LogP contribution in [0.5, 0.6) is 0 Å². The summed E-state index contributed by atoms with van der Waals surface area (Å²) in [7, 11) is 0. The fraction of sp³-hybridized carbons (Fsp3) is 0.240. The third kappa shape index (κ3) is 5.12. The van der Waals surface area contributed by atoms with Crippen LogP contribution in [0.15, 0.2) is 36.7 Å². The number of hydrogen-bond donors (Lipinski definition) is 3. The van der Waals surface area contributed by atoms with Crippen LogP contribution in [0.4, 0.5) is 10.2 Å². The van der Waals surface area contributed by atoms with Crippen molar-refractivity contribution in [2.24, 2.45) is 0 Å². The number of aliphatic hydroxyl groups is 1. The standard InChI is InChI=1S/C25H23ClFN7O2/c1-13-17(20(27)7-22(29)32-13)10-31-24(35)18-12-34(33-21(18)8-28)11-14-4-15-6-16(26)9-30-23(15)19(5-14)25(2,3)36/h4-7,9,12,36H,10-11H2,1-3H3,(H2,29,32)(H,31,35). The van der Waals surface area contributed by atoms with Gasteiger partial charge < -0.3 is 16.2 Å². The van der Waals surface area contributed by atoms with Crippen molar-refractivity contribution in [2.45, 2.75) is 39.5 Å². The molecule has 0 aliphatic rings. The van der Waals surface area contributed by atoms with Crippen LogP contribution in [0, 0.1) is 24.1 Å². The van der Waals surface area contributed by atoms with Gasteiger partial charge in [-0.15, -0.1) is 0 Å². The molecule has 1 amide bonds. The summed E-state index contributed by atoms with van der Waals surface area (Å²) in [5.74, 6) is -1.11. The average molecular weight is 508 g/mol. The van der Waals surface area contributed by atoms with E-state index in [1.54, 1.807) is 32.9 Å². The van der Waals surface area contributed by atoms with Gasteiger partial charge in [-0.2, -0.15) is 10.4 Å². The molecule has 0 saturated carbocycles. The van der Waals surface area contributed by atoms with E-state index in [9.17, 15) is 19.6 Å². The molecule has 0 spiro atoms. The number of nitriles is 1. The number of aromatic nitrogens is 4. The quantitative estimate of drug-likeness (QED) is 0.362. The zero-order valence-electron chi connectivity index (χ0n) is 19.8. The second-order valence-corrected chi connectivity index (χ2v) is 9.34. The summed E-state index contributed by atoms with van der Waals surface area (Å²) in [6, 6.07) is 8.41. The Morgan fingerprint density at radius 1 is 1.33 bits per heavy atom. The number of hydrogen-bond acceptors (Lipinski definition) is 7. The zero-order valence-corrected chi connectivity index (χ0v) is 20.6. The molecule has 3 heterocycles. The van der Waals surface area contributed by atoms with Gasteiger partial charge in [-0.1, -0.05) is 11.6 Å². The molecule has 0 saturated heterocycles. The Morgan fingerprint density at radius 3 is 2.75 bits per heavy atom. The lowest BCUT2D eigenvalue weighted by Gasteiger charge is -2.21. The molecule has 11 heteroatoms. The van der Waals surface area contributed by atoms with E-state index in [0.29, 0.717) is 21.8 Å². The van der Waals surface area contributed by atoms with Gasteiger partial charge in [-0.25, -0.2) is 9.37 Å². The number of carbonyl (C=O) groups is 1. The minimum atomic E-state index is -1.17. The third-order valence-corrected chi connectivity index (χ3v) is 5.85. The number of nitrogen functional groups attached to an aromatic ring is 1. The molecule has 9 nitrogen and oxygen atoms in total. The van der Waals surface area contributed by atoms with Crippen molar-refractivity contribution < 1.29 is 14.3 Å². The van der Waals surface area contributed by atoms with Gasteiger partial charge in [0, 0.05) is 47.2 Å². The normalized spacial score (nSPS) is 11.5. The number of benzene rings is 1. The van der Waals surface area contributed by atoms with E-state index in [1.165, 1.54) is 17.1 Å². The number of halogens is 2. The van der Waals surface area contributed by atoms with Crippen LogP contribution < -0.4 is 11.1 Å². The molecule has 36 heavy (non-hydrogen) atoms. The first kappa shape index (κ1) is 25.0. The van der Waals surface area contributed by atoms with Gasteiger partial charge in [0.1, 0.15) is 17.7 Å². The molecule has 0 radical (unpaired) electrons. The minimum Gasteiger partial charge on any atom is -0.386 e. The molecule has 0 bridgehead atoms. The maximum Gasteiger partial charge on any atom is 0.256 e. The van der Waals surface area contributed by atoms with Crippen LogP contribution in [0.25, 0.3) is 10.9 Å². The average Bonchev–Trinajstić information content (AvgIpc) is 3.19. The largest absolute Gasteiger partial charge is 0.386 e. The van der Waals surface area contributed by atoms with E-state index in [4.69, 9.17) is 17.3 Å². The van der Waals surface area contributed by atoms with Crippen LogP contribution in [-0.2, 0) is 18.7 Å². The van der Waals surface area contributed by atoms with Crippen molar-refractivity contribution >= 4 is 34.2 Å². The summed E-state index contributed by atoms with van der Waals surface area (Å²) in [6.07, 6.45) is 2.96. The highest BCUT2D eigenvalue weighted by Gasteiger charge is 2.22. The number of nitrogens with one attached hydrogen (secondary N) is 1. The second-order valence-electron chi connectivity index (χ2n) is 8.90. The molecular formula is C25H23ClFN7O2. The summed E-state index contributed by atoms with van der Waals surface area (Å²) < 4.78 is 15.7. The van der Waals surface area contributed by atoms with Gasteiger partial charge in [-0.05, 0) is 44.5 Å². The Morgan fingerprint density at radius 2 is 2.08 bits per heavy atom. The van der Waals surface area contributed by atoms with Crippen molar-refractivity contribution in [1.82, 2.24) is 25.1 Å². The number of carbonyl (C=O) groups excluding carboxylic acids is 1. The molecule has 0 aliphatic carbocycles. The van der Waals surface area contributed by atoms with Crippen LogP contribution in [0.3, 0.4) is 0 Å². The van der Waals surface area contributed by atoms with Crippen LogP contribution in [0.1, 0.15) is 52.3 Å². The van der Waals surface area contributed by atoms with E-state index >= 15 is 0 Å². The Kier molecular flexibility index (Phi) is 6.63. The smallest absolute Gasteiger partial charge is 0.256 e. The van der Waals surface area contributed by atoms with Crippen molar-refractivity contribution in [2.75, 3.05) is 5.73 Å². The maximum absolute atomic E-state index is 14.2. The van der Waals surface area contributed by atoms with Crippen molar-refractivity contribution in [3.05, 3.63) is 81.1 Å². The first-order valence-corrected chi connectivity index (χ1v) is 11.3. The van der Waals surface area contributed by atoms with Gasteiger partial charge in [0.05, 0.1) is 28.2 Å². The van der Waals surface area contributed by atoms with Crippen molar-refractivity contribution in [3.63, 3.8) is 0 Å². The van der Waals surface area contributed by atoms with E-state index in [-0.39, 0.29) is 35.7 Å². The SMILES string of the molecule is Cc1nc(N)cc(F)c1CNC(=O)c1cn(Cc2cc(C(C)(C)O)c3ncc(Cl)cc3c2)nc1C#N. The number of nitrogens with two attached hydrogens (primary N) is 1. The fourth-order valence-corrected chi connectivity index (χ4v) is 4.11. The highest BCUT2D eigenvalue weighted by molar-refractivity contribution is 6.31. The lowest BCUT2D eigenvalue weighted by molar-refractivity contribution is 0.0799. The van der Waals surface area contributed by atoms with E-state index in [1.807, 2.05) is 12.1 Å². The molecule has 4 rings (SSSR count). The van der Waals surface area contributed by atoms with Gasteiger partial charge in [0.15, 0.2) is 5.69 Å². The topological polar surface area (TPSA) is 143 Å². The number of fused-ring (bicyclic) bond motifs is 1. The van der Waals surface area contributed by atoms with E-state index in [0.717, 1.165) is 17.0 Å². The number of nitrogens with zero attached hydrogens (tertiary/aromatic N) is 5. The van der Waals surface area contributed by atoms with Crippen molar-refractivity contribution in [1.29, 1.82) is 5.26 Å². The molecule has 0 fully saturated rings. The predicted molar refractivity (Wildman–Crippen MR) is 133 cm³/mol. The molecule has 4 aromatic rings. The number of aryl methyl sites for hydroxylation is 1. The summed E-state index contributed by atoms with van der Waals surface area (Å²) in [5.41, 5.74) is 6.88. The lowest BCUT2D eigenvalue weighted by Crippen LogP contribution is -2.24. The van der Waals surface area contributed by atoms with Crippen LogP contribution in [-0.4, -0.2) is 30.8 Å². The molecule has 1 aromatic carbocycles. The van der Waals surface area contributed by atoms with Crippen molar-refractivity contribution in [3.8, 4) is 6.07 Å². The fourth-order valence-electron chi connectivity index (χ4n) is 3.94. The molecule has 3 aromatic heterocycles. The number of rotatable bonds is 6. The summed E-state index contributed by atoms with van der Waals surface area (Å²) >= 11 is 6.12. The summed E-state index contributed by atoms with van der Waals surface area (Å²) in [4.78, 5) is 21.2. The summed E-state index contributed by atoms with van der Waals surface area (Å²) in [6.45, 7) is 4.99. The molecule has 4 N–H and O–H groups in total. The highest BCUT2D eigenvalue weighted by atomic mass is 35.5. The number of pyridine rings is 2. The molecule has 0 atom stereocenters. The monoisotopic (exact) mass is 507 g/mol. The second kappa shape index (κ2) is 9.53. The molecule has 0 unspecified atom stereocenters. The minimum absolute atomic E-state index is 0.0483. The predicted octanol–water partition coefficient (Wildman–Crippen LogP) is 3.59. The zero-order chi connectivity index (χ0) is 26.2. The Bertz CT molecular complexity index is 1510. The van der Waals surface area contributed by atoms with E-state index in [2.05, 4.69) is 20.4 Å².